The number of alkyl halides is 1. The van der Waals surface area contributed by atoms with E-state index in [1.165, 1.54) is 5.56 Å². The van der Waals surface area contributed by atoms with E-state index in [0.717, 1.165) is 12.1 Å². The summed E-state index contributed by atoms with van der Waals surface area (Å²) in [6, 6.07) is 6.31. The second-order valence-electron chi connectivity index (χ2n) is 4.36. The van der Waals surface area contributed by atoms with Gasteiger partial charge in [-0.1, -0.05) is 17.7 Å². The predicted molar refractivity (Wildman–Crippen MR) is 77.4 cm³/mol. The number of fused-ring (bicyclic) bond motifs is 2. The van der Waals surface area contributed by atoms with Crippen LogP contribution in [0.2, 0.25) is 5.02 Å². The zero-order valence-corrected chi connectivity index (χ0v) is 12.2. The summed E-state index contributed by atoms with van der Waals surface area (Å²) in [7, 11) is 0. The Bertz CT molecular complexity index is 447. The molecule has 3 rings (SSSR count). The summed E-state index contributed by atoms with van der Waals surface area (Å²) in [6.07, 6.45) is 0. The summed E-state index contributed by atoms with van der Waals surface area (Å²) >= 11 is 12.0. The SMILES string of the molecule is C=C.ClCN1Cc2ccc(Cl)cc2C2(C1)OCCO2. The Morgan fingerprint density at radius 1 is 1.26 bits per heavy atom. The molecule has 0 saturated carbocycles. The van der Waals surface area contributed by atoms with Crippen LogP contribution in [-0.2, 0) is 21.8 Å². The molecule has 1 fully saturated rings. The summed E-state index contributed by atoms with van der Waals surface area (Å²) in [6.45, 7) is 8.69. The second kappa shape index (κ2) is 6.25. The van der Waals surface area contributed by atoms with Crippen LogP contribution in [0, 0.1) is 0 Å². The number of hydrogen-bond donors (Lipinski definition) is 0. The van der Waals surface area contributed by atoms with Crippen LogP contribution < -0.4 is 0 Å². The van der Waals surface area contributed by atoms with Gasteiger partial charge in [-0.25, -0.2) is 0 Å². The Balaban J connectivity index is 0.000000637. The van der Waals surface area contributed by atoms with Gasteiger partial charge in [-0.05, 0) is 17.7 Å². The fourth-order valence-electron chi connectivity index (χ4n) is 2.50. The van der Waals surface area contributed by atoms with Gasteiger partial charge in [-0.2, -0.15) is 0 Å². The molecule has 3 nitrogen and oxygen atoms in total. The molecule has 2 aliphatic heterocycles. The van der Waals surface area contributed by atoms with Crippen molar-refractivity contribution in [2.45, 2.75) is 12.3 Å². The van der Waals surface area contributed by atoms with Crippen LogP contribution in [0.3, 0.4) is 0 Å². The molecule has 2 heterocycles. The van der Waals surface area contributed by atoms with Crippen molar-refractivity contribution < 1.29 is 9.47 Å². The van der Waals surface area contributed by atoms with E-state index >= 15 is 0 Å². The molecule has 0 aliphatic carbocycles. The van der Waals surface area contributed by atoms with Crippen LogP contribution in [0.1, 0.15) is 11.1 Å². The summed E-state index contributed by atoms with van der Waals surface area (Å²) in [4.78, 5) is 2.10. The first-order valence-electron chi connectivity index (χ1n) is 6.09. The van der Waals surface area contributed by atoms with Crippen LogP contribution in [0.5, 0.6) is 0 Å². The molecule has 0 aromatic heterocycles. The van der Waals surface area contributed by atoms with Crippen molar-refractivity contribution in [2.75, 3.05) is 25.8 Å². The first kappa shape index (κ1) is 14.8. The molecular weight excluding hydrogens is 285 g/mol. The van der Waals surface area contributed by atoms with Gasteiger partial charge < -0.3 is 9.47 Å². The molecule has 0 bridgehead atoms. The lowest BCUT2D eigenvalue weighted by Gasteiger charge is -2.39. The zero-order valence-electron chi connectivity index (χ0n) is 10.7. The average molecular weight is 302 g/mol. The van der Waals surface area contributed by atoms with Crippen LogP contribution in [0.4, 0.5) is 0 Å². The third kappa shape index (κ3) is 2.81. The monoisotopic (exact) mass is 301 g/mol. The average Bonchev–Trinajstić information content (AvgIpc) is 2.91. The normalized spacial score (nSPS) is 20.7. The molecule has 0 atom stereocenters. The van der Waals surface area contributed by atoms with Crippen LogP contribution in [0.25, 0.3) is 0 Å². The van der Waals surface area contributed by atoms with Crippen LogP contribution in [0.15, 0.2) is 31.4 Å². The van der Waals surface area contributed by atoms with E-state index in [2.05, 4.69) is 18.1 Å². The largest absolute Gasteiger partial charge is 0.342 e. The Morgan fingerprint density at radius 3 is 2.58 bits per heavy atom. The van der Waals surface area contributed by atoms with E-state index in [0.29, 0.717) is 30.8 Å². The Kier molecular flexibility index (Phi) is 4.87. The highest BCUT2D eigenvalue weighted by atomic mass is 35.5. The molecule has 1 saturated heterocycles. The lowest BCUT2D eigenvalue weighted by Crippen LogP contribution is -2.46. The van der Waals surface area contributed by atoms with E-state index in [9.17, 15) is 0 Å². The molecule has 2 aliphatic rings. The number of nitrogens with zero attached hydrogens (tertiary/aromatic N) is 1. The predicted octanol–water partition coefficient (Wildman–Crippen LogP) is 3.35. The van der Waals surface area contributed by atoms with Gasteiger partial charge in [0.05, 0.1) is 25.8 Å². The van der Waals surface area contributed by atoms with Crippen molar-refractivity contribution in [2.24, 2.45) is 0 Å². The van der Waals surface area contributed by atoms with E-state index in [4.69, 9.17) is 32.7 Å². The summed E-state index contributed by atoms with van der Waals surface area (Å²) < 4.78 is 11.6. The quantitative estimate of drug-likeness (QED) is 0.451. The maximum Gasteiger partial charge on any atom is 0.208 e. The summed E-state index contributed by atoms with van der Waals surface area (Å²) in [5.41, 5.74) is 2.21. The van der Waals surface area contributed by atoms with Crippen molar-refractivity contribution in [1.82, 2.24) is 4.90 Å². The highest BCUT2D eigenvalue weighted by Gasteiger charge is 2.44. The molecule has 1 spiro atoms. The number of rotatable bonds is 1. The molecule has 5 heteroatoms. The molecular formula is C14H17Cl2NO2. The number of benzene rings is 1. The zero-order chi connectivity index (χ0) is 13.9. The molecule has 0 radical (unpaired) electrons. The molecule has 1 aromatic carbocycles. The van der Waals surface area contributed by atoms with E-state index in [-0.39, 0.29) is 0 Å². The molecule has 1 aromatic rings. The van der Waals surface area contributed by atoms with Gasteiger partial charge >= 0.3 is 0 Å². The lowest BCUT2D eigenvalue weighted by atomic mass is 9.94. The van der Waals surface area contributed by atoms with Gasteiger partial charge in [0.25, 0.3) is 0 Å². The van der Waals surface area contributed by atoms with Crippen molar-refractivity contribution in [3.63, 3.8) is 0 Å². The van der Waals surface area contributed by atoms with Crippen molar-refractivity contribution >= 4 is 23.2 Å². The molecule has 19 heavy (non-hydrogen) atoms. The highest BCUT2D eigenvalue weighted by Crippen LogP contribution is 2.39. The minimum atomic E-state index is -0.673. The topological polar surface area (TPSA) is 21.7 Å². The van der Waals surface area contributed by atoms with E-state index in [1.54, 1.807) is 0 Å². The Hall–Kier alpha value is -0.580. The van der Waals surface area contributed by atoms with Gasteiger partial charge in [0.1, 0.15) is 0 Å². The van der Waals surface area contributed by atoms with Gasteiger partial charge in [-0.15, -0.1) is 24.8 Å². The minimum absolute atomic E-state index is 0.469. The maximum absolute atomic E-state index is 6.06. The Morgan fingerprint density at radius 2 is 1.95 bits per heavy atom. The van der Waals surface area contributed by atoms with Gasteiger partial charge in [0.15, 0.2) is 0 Å². The van der Waals surface area contributed by atoms with Crippen molar-refractivity contribution in [3.8, 4) is 0 Å². The first-order chi connectivity index (χ1) is 9.23. The highest BCUT2D eigenvalue weighted by molar-refractivity contribution is 6.30. The van der Waals surface area contributed by atoms with Crippen LogP contribution >= 0.6 is 23.2 Å². The van der Waals surface area contributed by atoms with Crippen molar-refractivity contribution in [1.29, 1.82) is 0 Å². The molecule has 0 amide bonds. The van der Waals surface area contributed by atoms with Crippen molar-refractivity contribution in [3.05, 3.63) is 47.5 Å². The number of hydrogen-bond acceptors (Lipinski definition) is 3. The smallest absolute Gasteiger partial charge is 0.208 e. The molecule has 0 N–H and O–H groups in total. The first-order valence-corrected chi connectivity index (χ1v) is 7.00. The van der Waals surface area contributed by atoms with Crippen LogP contribution in [-0.4, -0.2) is 30.7 Å². The fourth-order valence-corrected chi connectivity index (χ4v) is 2.84. The minimum Gasteiger partial charge on any atom is -0.342 e. The summed E-state index contributed by atoms with van der Waals surface area (Å²) in [5, 5.41) is 0.710. The molecule has 0 unspecified atom stereocenters. The van der Waals surface area contributed by atoms with Gasteiger partial charge in [0.2, 0.25) is 5.79 Å². The third-order valence-corrected chi connectivity index (χ3v) is 3.80. The van der Waals surface area contributed by atoms with E-state index in [1.807, 2.05) is 18.2 Å². The standard InChI is InChI=1S/C12H13Cl2NO2.C2H4/c13-8-15-6-9-1-2-10(14)5-11(9)12(7-15)16-3-4-17-12;1-2/h1-2,5H,3-4,6-8H2;1-2H2. The molecule has 104 valence electrons. The Labute approximate surface area is 123 Å². The lowest BCUT2D eigenvalue weighted by molar-refractivity contribution is -0.185. The summed E-state index contributed by atoms with van der Waals surface area (Å²) in [5.74, 6) is -0.673. The number of ether oxygens (including phenoxy) is 2. The fraction of sp³-hybridized carbons (Fsp3) is 0.429. The number of halogens is 2. The van der Waals surface area contributed by atoms with E-state index < -0.39 is 5.79 Å². The maximum atomic E-state index is 6.06. The van der Waals surface area contributed by atoms with Gasteiger partial charge in [0, 0.05) is 17.1 Å². The third-order valence-electron chi connectivity index (χ3n) is 3.23. The van der Waals surface area contributed by atoms with Gasteiger partial charge in [-0.3, -0.25) is 4.90 Å². The second-order valence-corrected chi connectivity index (χ2v) is 5.03.